The van der Waals surface area contributed by atoms with E-state index in [1.807, 2.05) is 45.2 Å². The number of carbonyl (C=O) groups is 1. The fraction of sp³-hybridized carbons (Fsp3) is 0.250. The molecule has 0 aliphatic heterocycles. The van der Waals surface area contributed by atoms with Gasteiger partial charge in [-0.1, -0.05) is 11.6 Å². The van der Waals surface area contributed by atoms with Crippen LogP contribution in [0.3, 0.4) is 0 Å². The van der Waals surface area contributed by atoms with Crippen LogP contribution < -0.4 is 5.32 Å². The van der Waals surface area contributed by atoms with Crippen molar-refractivity contribution in [3.63, 3.8) is 0 Å². The first kappa shape index (κ1) is 14.7. The van der Waals surface area contributed by atoms with Crippen LogP contribution >= 0.6 is 11.6 Å². The fourth-order valence-electron chi connectivity index (χ4n) is 2.62. The Morgan fingerprint density at radius 1 is 1.36 bits per heavy atom. The lowest BCUT2D eigenvalue weighted by Crippen LogP contribution is -2.24. The molecule has 3 rings (SSSR count). The van der Waals surface area contributed by atoms with Crippen LogP contribution in [-0.2, 0) is 13.6 Å². The molecule has 2 heterocycles. The van der Waals surface area contributed by atoms with Gasteiger partial charge in [0.05, 0.1) is 17.8 Å². The van der Waals surface area contributed by atoms with Crippen molar-refractivity contribution in [2.24, 2.45) is 7.05 Å². The topological polar surface area (TPSA) is 62.7 Å². The summed E-state index contributed by atoms with van der Waals surface area (Å²) in [6.07, 6.45) is 0. The number of H-pyrrole nitrogens is 1. The number of amides is 1. The summed E-state index contributed by atoms with van der Waals surface area (Å²) in [6.45, 7) is 4.16. The molecular weight excluding hydrogens is 300 g/mol. The number of nitrogens with one attached hydrogen (secondary N) is 2. The number of aromatic nitrogens is 3. The molecule has 22 heavy (non-hydrogen) atoms. The van der Waals surface area contributed by atoms with Gasteiger partial charge in [-0.25, -0.2) is 0 Å². The Kier molecular flexibility index (Phi) is 3.66. The Balaban J connectivity index is 1.77. The van der Waals surface area contributed by atoms with Crippen LogP contribution in [-0.4, -0.2) is 20.7 Å². The van der Waals surface area contributed by atoms with E-state index in [1.165, 1.54) is 0 Å². The van der Waals surface area contributed by atoms with Crippen LogP contribution in [0.15, 0.2) is 24.3 Å². The Labute approximate surface area is 133 Å². The lowest BCUT2D eigenvalue weighted by Gasteiger charge is -2.04. The molecule has 0 atom stereocenters. The first-order valence-corrected chi connectivity index (χ1v) is 7.39. The maximum absolute atomic E-state index is 12.3. The van der Waals surface area contributed by atoms with Crippen molar-refractivity contribution in [1.29, 1.82) is 0 Å². The Morgan fingerprint density at radius 3 is 2.82 bits per heavy atom. The van der Waals surface area contributed by atoms with Crippen LogP contribution in [0.5, 0.6) is 0 Å². The number of nitrogens with zero attached hydrogens (tertiary/aromatic N) is 2. The van der Waals surface area contributed by atoms with E-state index >= 15 is 0 Å². The predicted octanol–water partition coefficient (Wildman–Crippen LogP) is 3.10. The van der Waals surface area contributed by atoms with Crippen LogP contribution in [0.1, 0.15) is 27.4 Å². The van der Waals surface area contributed by atoms with Gasteiger partial charge in [-0.2, -0.15) is 5.10 Å². The first-order chi connectivity index (χ1) is 10.5. The second-order valence-corrected chi connectivity index (χ2v) is 5.81. The van der Waals surface area contributed by atoms with Gasteiger partial charge in [-0.3, -0.25) is 9.48 Å². The minimum atomic E-state index is -0.111. The number of hydrogen-bond acceptors (Lipinski definition) is 2. The molecule has 0 bridgehead atoms. The SMILES string of the molecule is Cc1nn(C)c(C)c1C(=O)NCc1cc2cc(Cl)ccc2[nH]1. The molecule has 6 heteroatoms. The molecule has 1 amide bonds. The lowest BCUT2D eigenvalue weighted by molar-refractivity contribution is 0.0949. The molecule has 1 aromatic carbocycles. The highest BCUT2D eigenvalue weighted by molar-refractivity contribution is 6.31. The average Bonchev–Trinajstić information content (AvgIpc) is 2.97. The van der Waals surface area contributed by atoms with Crippen LogP contribution in [0.4, 0.5) is 0 Å². The van der Waals surface area contributed by atoms with E-state index in [0.717, 1.165) is 28.0 Å². The van der Waals surface area contributed by atoms with E-state index in [2.05, 4.69) is 15.4 Å². The summed E-state index contributed by atoms with van der Waals surface area (Å²) in [4.78, 5) is 15.6. The molecular formula is C16H17ClN4O. The number of halogens is 1. The van der Waals surface area contributed by atoms with Crippen molar-refractivity contribution in [2.45, 2.75) is 20.4 Å². The number of aromatic amines is 1. The van der Waals surface area contributed by atoms with Gasteiger partial charge < -0.3 is 10.3 Å². The highest BCUT2D eigenvalue weighted by Gasteiger charge is 2.17. The number of benzene rings is 1. The minimum absolute atomic E-state index is 0.111. The summed E-state index contributed by atoms with van der Waals surface area (Å²) >= 11 is 5.98. The minimum Gasteiger partial charge on any atom is -0.357 e. The van der Waals surface area contributed by atoms with Gasteiger partial charge in [-0.15, -0.1) is 0 Å². The molecule has 0 fully saturated rings. The third kappa shape index (κ3) is 2.60. The lowest BCUT2D eigenvalue weighted by atomic mass is 10.2. The molecule has 2 N–H and O–H groups in total. The van der Waals surface area contributed by atoms with Gasteiger partial charge in [0.25, 0.3) is 5.91 Å². The van der Waals surface area contributed by atoms with Gasteiger partial charge >= 0.3 is 0 Å². The summed E-state index contributed by atoms with van der Waals surface area (Å²) in [6, 6.07) is 7.65. The molecule has 0 unspecified atom stereocenters. The van der Waals surface area contributed by atoms with E-state index in [-0.39, 0.29) is 5.91 Å². The summed E-state index contributed by atoms with van der Waals surface area (Å²) in [5.74, 6) is -0.111. The molecule has 5 nitrogen and oxygen atoms in total. The molecule has 3 aromatic rings. The first-order valence-electron chi connectivity index (χ1n) is 7.01. The van der Waals surface area contributed by atoms with Crippen molar-refractivity contribution >= 4 is 28.4 Å². The van der Waals surface area contributed by atoms with Crippen LogP contribution in [0.25, 0.3) is 10.9 Å². The molecule has 0 radical (unpaired) electrons. The Morgan fingerprint density at radius 2 is 2.14 bits per heavy atom. The zero-order chi connectivity index (χ0) is 15.9. The molecule has 0 saturated heterocycles. The van der Waals surface area contributed by atoms with Gasteiger partial charge in [0.15, 0.2) is 0 Å². The number of carbonyl (C=O) groups excluding carboxylic acids is 1. The Bertz CT molecular complexity index is 863. The van der Waals surface area contributed by atoms with Crippen LogP contribution in [0, 0.1) is 13.8 Å². The monoisotopic (exact) mass is 316 g/mol. The molecule has 0 spiro atoms. The number of rotatable bonds is 3. The summed E-state index contributed by atoms with van der Waals surface area (Å²) in [7, 11) is 1.83. The van der Waals surface area contributed by atoms with E-state index in [9.17, 15) is 4.79 Å². The third-order valence-corrected chi connectivity index (χ3v) is 4.05. The summed E-state index contributed by atoms with van der Waals surface area (Å²) < 4.78 is 1.72. The number of fused-ring (bicyclic) bond motifs is 1. The largest absolute Gasteiger partial charge is 0.357 e. The van der Waals surface area contributed by atoms with E-state index in [4.69, 9.17) is 11.6 Å². The maximum atomic E-state index is 12.3. The quantitative estimate of drug-likeness (QED) is 0.780. The second kappa shape index (κ2) is 5.50. The molecule has 0 aliphatic rings. The number of hydrogen-bond donors (Lipinski definition) is 2. The van der Waals surface area contributed by atoms with Crippen molar-refractivity contribution < 1.29 is 4.79 Å². The van der Waals surface area contributed by atoms with E-state index in [0.29, 0.717) is 17.1 Å². The highest BCUT2D eigenvalue weighted by atomic mass is 35.5. The van der Waals surface area contributed by atoms with E-state index in [1.54, 1.807) is 4.68 Å². The maximum Gasteiger partial charge on any atom is 0.255 e. The summed E-state index contributed by atoms with van der Waals surface area (Å²) in [5, 5.41) is 8.92. The smallest absolute Gasteiger partial charge is 0.255 e. The van der Waals surface area contributed by atoms with Gasteiger partial charge in [0.2, 0.25) is 0 Å². The Hall–Kier alpha value is -2.27. The van der Waals surface area contributed by atoms with E-state index < -0.39 is 0 Å². The number of aryl methyl sites for hydroxylation is 2. The predicted molar refractivity (Wildman–Crippen MR) is 87.2 cm³/mol. The standard InChI is InChI=1S/C16H17ClN4O/c1-9-15(10(2)21(3)20-9)16(22)18-8-13-7-11-6-12(17)4-5-14(11)19-13/h4-7,19H,8H2,1-3H3,(H,18,22). The average molecular weight is 317 g/mol. The normalized spacial score (nSPS) is 11.1. The summed E-state index contributed by atoms with van der Waals surface area (Å²) in [5.41, 5.74) is 4.17. The van der Waals surface area contributed by atoms with Gasteiger partial charge in [0, 0.05) is 34.4 Å². The van der Waals surface area contributed by atoms with Crippen molar-refractivity contribution in [2.75, 3.05) is 0 Å². The zero-order valence-corrected chi connectivity index (χ0v) is 13.5. The molecule has 2 aromatic heterocycles. The fourth-order valence-corrected chi connectivity index (χ4v) is 2.81. The van der Waals surface area contributed by atoms with Crippen molar-refractivity contribution in [1.82, 2.24) is 20.1 Å². The van der Waals surface area contributed by atoms with Crippen molar-refractivity contribution in [3.8, 4) is 0 Å². The molecule has 114 valence electrons. The molecule has 0 saturated carbocycles. The second-order valence-electron chi connectivity index (χ2n) is 5.38. The third-order valence-electron chi connectivity index (χ3n) is 3.81. The van der Waals surface area contributed by atoms with Crippen LogP contribution in [0.2, 0.25) is 5.02 Å². The highest BCUT2D eigenvalue weighted by Crippen LogP contribution is 2.20. The zero-order valence-electron chi connectivity index (χ0n) is 12.7. The molecule has 0 aliphatic carbocycles. The van der Waals surface area contributed by atoms with Gasteiger partial charge in [0.1, 0.15) is 0 Å². The van der Waals surface area contributed by atoms with Gasteiger partial charge in [-0.05, 0) is 38.1 Å². The van der Waals surface area contributed by atoms with Crippen molar-refractivity contribution in [3.05, 3.63) is 51.9 Å².